The molecule has 2 aliphatic carbocycles. The van der Waals surface area contributed by atoms with Gasteiger partial charge >= 0.3 is 5.97 Å². The maximum atomic E-state index is 11.3. The summed E-state index contributed by atoms with van der Waals surface area (Å²) in [6.45, 7) is 2.27. The number of hydrogen-bond donors (Lipinski definition) is 4. The molecule has 0 atom stereocenters. The van der Waals surface area contributed by atoms with E-state index in [1.807, 2.05) is 0 Å². The standard InChI is InChI=1S/C20H28O5/c1-19(8-9-19)6-2-4-13-14(17(23)16(22)12-15(13)21)5-3-7-20(10-11-20)18(24)25/h12,21-23H,2-11H2,1H3,(H,24,25). The maximum absolute atomic E-state index is 11.3. The third-order valence-electron chi connectivity index (χ3n) is 6.18. The van der Waals surface area contributed by atoms with Crippen molar-refractivity contribution in [2.75, 3.05) is 0 Å². The summed E-state index contributed by atoms with van der Waals surface area (Å²) >= 11 is 0. The second-order valence-electron chi connectivity index (χ2n) is 8.32. The van der Waals surface area contributed by atoms with E-state index >= 15 is 0 Å². The van der Waals surface area contributed by atoms with Crippen LogP contribution in [0.2, 0.25) is 0 Å². The summed E-state index contributed by atoms with van der Waals surface area (Å²) in [6, 6.07) is 1.20. The van der Waals surface area contributed by atoms with Crippen LogP contribution in [-0.2, 0) is 17.6 Å². The first kappa shape index (κ1) is 17.9. The molecule has 0 aliphatic heterocycles. The number of aliphatic carboxylic acids is 1. The number of benzene rings is 1. The van der Waals surface area contributed by atoms with Crippen molar-refractivity contribution in [2.45, 2.75) is 71.1 Å². The van der Waals surface area contributed by atoms with Gasteiger partial charge in [0.1, 0.15) is 5.75 Å². The lowest BCUT2D eigenvalue weighted by atomic mass is 9.91. The van der Waals surface area contributed by atoms with E-state index in [1.54, 1.807) is 0 Å². The highest BCUT2D eigenvalue weighted by Gasteiger charge is 2.49. The molecule has 4 N–H and O–H groups in total. The Morgan fingerprint density at radius 1 is 0.960 bits per heavy atom. The van der Waals surface area contributed by atoms with E-state index in [-0.39, 0.29) is 17.2 Å². The summed E-state index contributed by atoms with van der Waals surface area (Å²) in [6.07, 6.45) is 8.27. The average molecular weight is 348 g/mol. The predicted octanol–water partition coefficient (Wildman–Crippen LogP) is 4.11. The summed E-state index contributed by atoms with van der Waals surface area (Å²) in [5.41, 5.74) is 1.11. The highest BCUT2D eigenvalue weighted by molar-refractivity contribution is 5.77. The molecule has 0 heterocycles. The molecule has 25 heavy (non-hydrogen) atoms. The minimum atomic E-state index is -0.742. The van der Waals surface area contributed by atoms with Gasteiger partial charge < -0.3 is 20.4 Å². The van der Waals surface area contributed by atoms with Crippen molar-refractivity contribution < 1.29 is 25.2 Å². The molecule has 2 aliphatic rings. The van der Waals surface area contributed by atoms with E-state index in [4.69, 9.17) is 0 Å². The van der Waals surface area contributed by atoms with Crippen LogP contribution >= 0.6 is 0 Å². The second-order valence-corrected chi connectivity index (χ2v) is 8.32. The van der Waals surface area contributed by atoms with E-state index in [0.717, 1.165) is 12.8 Å². The van der Waals surface area contributed by atoms with E-state index in [1.165, 1.54) is 18.9 Å². The van der Waals surface area contributed by atoms with Crippen LogP contribution in [0.15, 0.2) is 6.07 Å². The smallest absolute Gasteiger partial charge is 0.309 e. The van der Waals surface area contributed by atoms with E-state index in [2.05, 4.69) is 6.92 Å². The Bertz CT molecular complexity index is 671. The van der Waals surface area contributed by atoms with Crippen LogP contribution in [-0.4, -0.2) is 26.4 Å². The molecule has 0 saturated heterocycles. The number of phenolic OH excluding ortho intramolecular Hbond substituents is 3. The molecule has 0 unspecified atom stereocenters. The lowest BCUT2D eigenvalue weighted by molar-refractivity contribution is -0.143. The van der Waals surface area contributed by atoms with Gasteiger partial charge in [-0.3, -0.25) is 4.79 Å². The molecular weight excluding hydrogens is 320 g/mol. The van der Waals surface area contributed by atoms with Crippen LogP contribution in [0.3, 0.4) is 0 Å². The Morgan fingerprint density at radius 2 is 1.56 bits per heavy atom. The molecule has 1 aromatic rings. The Morgan fingerprint density at radius 3 is 2.12 bits per heavy atom. The van der Waals surface area contributed by atoms with Crippen molar-refractivity contribution in [3.8, 4) is 17.2 Å². The number of phenols is 3. The number of hydrogen-bond acceptors (Lipinski definition) is 4. The van der Waals surface area contributed by atoms with Gasteiger partial charge in [0.05, 0.1) is 5.41 Å². The number of rotatable bonds is 9. The van der Waals surface area contributed by atoms with Crippen LogP contribution in [0.25, 0.3) is 0 Å². The largest absolute Gasteiger partial charge is 0.508 e. The quantitative estimate of drug-likeness (QED) is 0.398. The summed E-state index contributed by atoms with van der Waals surface area (Å²) in [5.74, 6) is -1.21. The van der Waals surface area contributed by atoms with Crippen molar-refractivity contribution in [1.82, 2.24) is 0 Å². The topological polar surface area (TPSA) is 98.0 Å². The zero-order chi connectivity index (χ0) is 18.2. The number of aromatic hydroxyl groups is 3. The van der Waals surface area contributed by atoms with Gasteiger partial charge in [0.25, 0.3) is 0 Å². The molecule has 5 nitrogen and oxygen atoms in total. The minimum Gasteiger partial charge on any atom is -0.508 e. The van der Waals surface area contributed by atoms with Crippen LogP contribution < -0.4 is 0 Å². The highest BCUT2D eigenvalue weighted by atomic mass is 16.4. The molecular formula is C20H28O5. The first-order valence-corrected chi connectivity index (χ1v) is 9.25. The minimum absolute atomic E-state index is 0.0191. The van der Waals surface area contributed by atoms with Gasteiger partial charge in [0, 0.05) is 17.2 Å². The number of carboxylic acid groups (broad SMARTS) is 1. The summed E-state index contributed by atoms with van der Waals surface area (Å²) < 4.78 is 0. The number of carbonyl (C=O) groups is 1. The summed E-state index contributed by atoms with van der Waals surface area (Å²) in [5, 5.41) is 39.6. The van der Waals surface area contributed by atoms with Crippen LogP contribution in [0.5, 0.6) is 17.2 Å². The van der Waals surface area contributed by atoms with Crippen LogP contribution in [0.1, 0.15) is 69.4 Å². The van der Waals surface area contributed by atoms with E-state index in [0.29, 0.717) is 55.1 Å². The van der Waals surface area contributed by atoms with Crippen molar-refractivity contribution in [3.05, 3.63) is 17.2 Å². The Labute approximate surface area is 148 Å². The molecule has 0 bridgehead atoms. The molecule has 1 aromatic carbocycles. The fourth-order valence-electron chi connectivity index (χ4n) is 3.77. The monoisotopic (exact) mass is 348 g/mol. The Balaban J connectivity index is 1.68. The van der Waals surface area contributed by atoms with Gasteiger partial charge in [0.15, 0.2) is 11.5 Å². The zero-order valence-electron chi connectivity index (χ0n) is 14.8. The van der Waals surface area contributed by atoms with Gasteiger partial charge in [-0.15, -0.1) is 0 Å². The highest BCUT2D eigenvalue weighted by Crippen LogP contribution is 2.51. The molecule has 0 spiro atoms. The molecule has 0 amide bonds. The summed E-state index contributed by atoms with van der Waals surface area (Å²) in [7, 11) is 0. The van der Waals surface area contributed by atoms with Crippen molar-refractivity contribution in [1.29, 1.82) is 0 Å². The van der Waals surface area contributed by atoms with Crippen molar-refractivity contribution >= 4 is 5.97 Å². The fourth-order valence-corrected chi connectivity index (χ4v) is 3.77. The Kier molecular flexibility index (Phi) is 4.60. The van der Waals surface area contributed by atoms with E-state index < -0.39 is 11.4 Å². The Hall–Kier alpha value is -1.91. The van der Waals surface area contributed by atoms with Gasteiger partial charge in [0.2, 0.25) is 0 Å². The van der Waals surface area contributed by atoms with E-state index in [9.17, 15) is 25.2 Å². The third-order valence-corrected chi connectivity index (χ3v) is 6.18. The zero-order valence-corrected chi connectivity index (χ0v) is 14.8. The van der Waals surface area contributed by atoms with Crippen molar-refractivity contribution in [2.24, 2.45) is 10.8 Å². The average Bonchev–Trinajstić information content (AvgIpc) is 3.45. The lowest BCUT2D eigenvalue weighted by Gasteiger charge is -2.17. The SMILES string of the molecule is CC1(CCCc2c(O)cc(O)c(O)c2CCCC2(C(=O)O)CC2)CC1. The first-order valence-electron chi connectivity index (χ1n) is 9.25. The van der Waals surface area contributed by atoms with Crippen LogP contribution in [0, 0.1) is 10.8 Å². The van der Waals surface area contributed by atoms with Crippen LogP contribution in [0.4, 0.5) is 0 Å². The molecule has 3 rings (SSSR count). The molecule has 2 saturated carbocycles. The van der Waals surface area contributed by atoms with Gasteiger partial charge in [-0.2, -0.15) is 0 Å². The van der Waals surface area contributed by atoms with Gasteiger partial charge in [-0.25, -0.2) is 0 Å². The molecule has 0 radical (unpaired) electrons. The predicted molar refractivity (Wildman–Crippen MR) is 94.0 cm³/mol. The van der Waals surface area contributed by atoms with Crippen molar-refractivity contribution in [3.63, 3.8) is 0 Å². The molecule has 5 heteroatoms. The third kappa shape index (κ3) is 3.86. The fraction of sp³-hybridized carbons (Fsp3) is 0.650. The lowest BCUT2D eigenvalue weighted by Crippen LogP contribution is -2.14. The molecule has 138 valence electrons. The molecule has 0 aromatic heterocycles. The first-order chi connectivity index (χ1) is 11.8. The van der Waals surface area contributed by atoms with Gasteiger partial charge in [-0.1, -0.05) is 6.92 Å². The van der Waals surface area contributed by atoms with Gasteiger partial charge in [-0.05, 0) is 69.6 Å². The molecule has 2 fully saturated rings. The maximum Gasteiger partial charge on any atom is 0.309 e. The number of carboxylic acids is 1. The summed E-state index contributed by atoms with van der Waals surface area (Å²) in [4.78, 5) is 11.3. The second kappa shape index (κ2) is 6.43. The normalized spacial score (nSPS) is 19.6.